The van der Waals surface area contributed by atoms with Crippen LogP contribution in [0.3, 0.4) is 0 Å². The summed E-state index contributed by atoms with van der Waals surface area (Å²) in [7, 11) is 0. The molecule has 2 atom stereocenters. The van der Waals surface area contributed by atoms with Crippen LogP contribution >= 0.6 is 0 Å². The van der Waals surface area contributed by atoms with E-state index >= 15 is 0 Å². The molecule has 3 heterocycles. The van der Waals surface area contributed by atoms with Gasteiger partial charge >= 0.3 is 0 Å². The molecule has 2 aliphatic heterocycles. The number of aromatic amines is 1. The molecule has 2 saturated heterocycles. The van der Waals surface area contributed by atoms with Crippen molar-refractivity contribution >= 4 is 28.4 Å². The van der Waals surface area contributed by atoms with Crippen molar-refractivity contribution in [2.45, 2.75) is 44.6 Å². The Hall–Kier alpha value is -3.22. The number of amides is 2. The molecule has 0 aliphatic carbocycles. The molecule has 0 saturated carbocycles. The van der Waals surface area contributed by atoms with Crippen LogP contribution < -0.4 is 5.32 Å². The van der Waals surface area contributed by atoms with E-state index < -0.39 is 17.5 Å². The van der Waals surface area contributed by atoms with Crippen LogP contribution in [0.4, 0.5) is 14.5 Å². The third kappa shape index (κ3) is 3.58. The molecule has 3 aromatic rings. The molecule has 2 aliphatic rings. The van der Waals surface area contributed by atoms with E-state index in [2.05, 4.69) is 10.3 Å². The smallest absolute Gasteiger partial charge is 0.272 e. The van der Waals surface area contributed by atoms with Crippen molar-refractivity contribution in [3.63, 3.8) is 0 Å². The van der Waals surface area contributed by atoms with Gasteiger partial charge in [0.2, 0.25) is 5.91 Å². The fourth-order valence-electron chi connectivity index (χ4n) is 4.96. The van der Waals surface area contributed by atoms with E-state index in [0.29, 0.717) is 29.6 Å². The lowest BCUT2D eigenvalue weighted by atomic mass is 9.85. The highest BCUT2D eigenvalue weighted by Gasteiger charge is 2.36. The molecule has 0 bridgehead atoms. The largest absolute Gasteiger partial charge is 0.350 e. The van der Waals surface area contributed by atoms with Crippen molar-refractivity contribution in [3.05, 3.63) is 64.9 Å². The van der Waals surface area contributed by atoms with Crippen LogP contribution in [0, 0.1) is 18.6 Å². The van der Waals surface area contributed by atoms with Crippen molar-refractivity contribution in [2.24, 2.45) is 0 Å². The first kappa shape index (κ1) is 19.7. The zero-order valence-corrected chi connectivity index (χ0v) is 17.2. The number of halogens is 2. The number of aromatic nitrogens is 1. The van der Waals surface area contributed by atoms with Gasteiger partial charge in [0.25, 0.3) is 5.91 Å². The average molecular weight is 423 g/mol. The molecule has 5 nitrogen and oxygen atoms in total. The van der Waals surface area contributed by atoms with Crippen LogP contribution in [-0.4, -0.2) is 34.3 Å². The average Bonchev–Trinajstić information content (AvgIpc) is 3.35. The number of nitrogens with zero attached hydrogens (tertiary/aromatic N) is 1. The van der Waals surface area contributed by atoms with Crippen molar-refractivity contribution in [3.8, 4) is 0 Å². The maximum atomic E-state index is 14.4. The molecule has 2 amide bonds. The Balaban J connectivity index is 1.37. The lowest BCUT2D eigenvalue weighted by Crippen LogP contribution is -2.39. The normalized spacial score (nSPS) is 20.9. The number of carbonyl (C=O) groups is 2. The number of hydrogen-bond acceptors (Lipinski definition) is 2. The molecular formula is C24H23F2N3O2. The molecular weight excluding hydrogens is 400 g/mol. The van der Waals surface area contributed by atoms with Crippen LogP contribution in [0.15, 0.2) is 36.4 Å². The quantitative estimate of drug-likeness (QED) is 0.631. The second-order valence-electron chi connectivity index (χ2n) is 8.56. The summed E-state index contributed by atoms with van der Waals surface area (Å²) < 4.78 is 28.4. The molecule has 7 heteroatoms. The van der Waals surface area contributed by atoms with Gasteiger partial charge in [0.15, 0.2) is 0 Å². The second-order valence-corrected chi connectivity index (χ2v) is 8.56. The van der Waals surface area contributed by atoms with E-state index in [4.69, 9.17) is 0 Å². The highest BCUT2D eigenvalue weighted by atomic mass is 19.1. The Bertz CT molecular complexity index is 1160. The lowest BCUT2D eigenvalue weighted by molar-refractivity contribution is -0.129. The maximum absolute atomic E-state index is 14.4. The van der Waals surface area contributed by atoms with Crippen LogP contribution in [-0.2, 0) is 4.79 Å². The van der Waals surface area contributed by atoms with Crippen LogP contribution in [0.2, 0.25) is 0 Å². The van der Waals surface area contributed by atoms with Gasteiger partial charge in [-0.1, -0.05) is 6.07 Å². The predicted octanol–water partition coefficient (Wildman–Crippen LogP) is 4.88. The van der Waals surface area contributed by atoms with E-state index in [1.807, 2.05) is 11.8 Å². The number of anilines is 1. The molecule has 0 radical (unpaired) electrons. The number of benzene rings is 2. The van der Waals surface area contributed by atoms with Gasteiger partial charge in [-0.2, -0.15) is 0 Å². The third-order valence-corrected chi connectivity index (χ3v) is 6.57. The number of rotatable bonds is 3. The monoisotopic (exact) mass is 423 g/mol. The van der Waals surface area contributed by atoms with Gasteiger partial charge in [-0.25, -0.2) is 8.78 Å². The zero-order valence-electron chi connectivity index (χ0n) is 17.2. The minimum Gasteiger partial charge on any atom is -0.350 e. The summed E-state index contributed by atoms with van der Waals surface area (Å²) in [5.41, 5.74) is 2.81. The number of carbonyl (C=O) groups excluding carboxylic acids is 2. The SMILES string of the molecule is Cc1ccc(F)c2cc(C(=O)Nc3cc(F)cc(C4CCN5C(=O)CC[C@@H]5C4)c3)[nH]c12. The number of piperidine rings is 1. The molecule has 31 heavy (non-hydrogen) atoms. The van der Waals surface area contributed by atoms with E-state index in [1.54, 1.807) is 12.1 Å². The van der Waals surface area contributed by atoms with Gasteiger partial charge in [0.05, 0.1) is 5.52 Å². The molecule has 1 aromatic heterocycles. The van der Waals surface area contributed by atoms with Gasteiger partial charge < -0.3 is 15.2 Å². The van der Waals surface area contributed by atoms with E-state index in [-0.39, 0.29) is 23.6 Å². The first-order valence-corrected chi connectivity index (χ1v) is 10.6. The molecule has 0 spiro atoms. The summed E-state index contributed by atoms with van der Waals surface area (Å²) in [5.74, 6) is -0.927. The summed E-state index contributed by atoms with van der Waals surface area (Å²) >= 11 is 0. The number of aryl methyl sites for hydroxylation is 1. The van der Waals surface area contributed by atoms with Crippen molar-refractivity contribution in [1.29, 1.82) is 0 Å². The standard InChI is InChI=1S/C24H23F2N3O2/c1-13-2-4-20(26)19-12-21(28-23(13)19)24(31)27-17-9-15(8-16(25)11-17)14-6-7-29-18(10-14)3-5-22(29)30/h2,4,8-9,11-12,14,18,28H,3,5-7,10H2,1H3,(H,27,31)/t14?,18-/m1/s1. The lowest BCUT2D eigenvalue weighted by Gasteiger charge is -2.35. The van der Waals surface area contributed by atoms with E-state index in [0.717, 1.165) is 30.4 Å². The summed E-state index contributed by atoms with van der Waals surface area (Å²) in [6, 6.07) is 9.30. The first-order chi connectivity index (χ1) is 14.9. The summed E-state index contributed by atoms with van der Waals surface area (Å²) in [4.78, 5) is 29.6. The molecule has 160 valence electrons. The van der Waals surface area contributed by atoms with Gasteiger partial charge in [-0.3, -0.25) is 9.59 Å². The van der Waals surface area contributed by atoms with E-state index in [9.17, 15) is 18.4 Å². The Labute approximate surface area is 178 Å². The summed E-state index contributed by atoms with van der Waals surface area (Å²) in [6.45, 7) is 2.52. The molecule has 2 fully saturated rings. The van der Waals surface area contributed by atoms with E-state index in [1.165, 1.54) is 24.3 Å². The molecule has 1 unspecified atom stereocenters. The first-order valence-electron chi connectivity index (χ1n) is 10.6. The zero-order chi connectivity index (χ0) is 21.7. The highest BCUT2D eigenvalue weighted by molar-refractivity contribution is 6.06. The Morgan fingerprint density at radius 1 is 1.16 bits per heavy atom. The van der Waals surface area contributed by atoms with Crippen molar-refractivity contribution in [2.75, 3.05) is 11.9 Å². The van der Waals surface area contributed by atoms with Gasteiger partial charge in [-0.05, 0) is 73.6 Å². The topological polar surface area (TPSA) is 65.2 Å². The van der Waals surface area contributed by atoms with Gasteiger partial charge in [0.1, 0.15) is 17.3 Å². The maximum Gasteiger partial charge on any atom is 0.272 e. The minimum atomic E-state index is -0.456. The molecule has 5 rings (SSSR count). The highest BCUT2D eigenvalue weighted by Crippen LogP contribution is 2.37. The van der Waals surface area contributed by atoms with Crippen molar-refractivity contribution < 1.29 is 18.4 Å². The fourth-order valence-corrected chi connectivity index (χ4v) is 4.96. The number of nitrogens with one attached hydrogen (secondary N) is 2. The summed E-state index contributed by atoms with van der Waals surface area (Å²) in [5, 5.41) is 3.08. The Kier molecular flexibility index (Phi) is 4.76. The third-order valence-electron chi connectivity index (χ3n) is 6.57. The minimum absolute atomic E-state index is 0.142. The van der Waals surface area contributed by atoms with Gasteiger partial charge in [0, 0.05) is 30.1 Å². The molecule has 2 aromatic carbocycles. The number of hydrogen-bond donors (Lipinski definition) is 2. The van der Waals surface area contributed by atoms with Crippen LogP contribution in [0.1, 0.15) is 53.2 Å². The van der Waals surface area contributed by atoms with Crippen LogP contribution in [0.25, 0.3) is 10.9 Å². The van der Waals surface area contributed by atoms with Crippen LogP contribution in [0.5, 0.6) is 0 Å². The Morgan fingerprint density at radius 2 is 2.00 bits per heavy atom. The second kappa shape index (κ2) is 7.48. The Morgan fingerprint density at radius 3 is 2.81 bits per heavy atom. The summed E-state index contributed by atoms with van der Waals surface area (Å²) in [6.07, 6.45) is 3.03. The number of H-pyrrole nitrogens is 1. The fraction of sp³-hybridized carbons (Fsp3) is 0.333. The van der Waals surface area contributed by atoms with Crippen molar-refractivity contribution in [1.82, 2.24) is 9.88 Å². The predicted molar refractivity (Wildman–Crippen MR) is 114 cm³/mol. The number of fused-ring (bicyclic) bond motifs is 2. The molecule has 2 N–H and O–H groups in total. The van der Waals surface area contributed by atoms with Gasteiger partial charge in [-0.15, -0.1) is 0 Å².